The van der Waals surface area contributed by atoms with Gasteiger partial charge in [0.25, 0.3) is 5.91 Å². The lowest BCUT2D eigenvalue weighted by atomic mass is 10.2. The van der Waals surface area contributed by atoms with Crippen LogP contribution in [0.2, 0.25) is 5.02 Å². The lowest BCUT2D eigenvalue weighted by molar-refractivity contribution is -0.111. The lowest BCUT2D eigenvalue weighted by Gasteiger charge is -2.17. The molecule has 0 atom stereocenters. The van der Waals surface area contributed by atoms with E-state index in [0.717, 1.165) is 5.69 Å². The topological polar surface area (TPSA) is 83.0 Å². The van der Waals surface area contributed by atoms with Gasteiger partial charge in [0.15, 0.2) is 0 Å². The van der Waals surface area contributed by atoms with Crippen molar-refractivity contribution in [3.63, 3.8) is 0 Å². The summed E-state index contributed by atoms with van der Waals surface area (Å²) in [7, 11) is 1.84. The first-order valence-corrected chi connectivity index (χ1v) is 8.72. The number of nitrogens with zero attached hydrogens (tertiary/aromatic N) is 4. The number of anilines is 5. The molecule has 3 aromatic rings. The Morgan fingerprint density at radius 1 is 1.11 bits per heavy atom. The van der Waals surface area contributed by atoms with Crippen LogP contribution < -0.4 is 15.5 Å². The summed E-state index contributed by atoms with van der Waals surface area (Å²) in [6.07, 6.45) is 1.42. The minimum atomic E-state index is -0.370. The molecule has 3 rings (SSSR count). The van der Waals surface area contributed by atoms with E-state index >= 15 is 0 Å². The average Bonchev–Trinajstić information content (AvgIpc) is 2.68. The number of hydrogen-bond acceptors (Lipinski definition) is 6. The van der Waals surface area contributed by atoms with Crippen LogP contribution in [0.15, 0.2) is 54.9 Å². The summed E-state index contributed by atoms with van der Waals surface area (Å²) in [5, 5.41) is 6.43. The van der Waals surface area contributed by atoms with Crippen LogP contribution in [-0.2, 0) is 4.79 Å². The van der Waals surface area contributed by atoms with Gasteiger partial charge in [0, 0.05) is 29.1 Å². The van der Waals surface area contributed by atoms with Crippen LogP contribution in [0.25, 0.3) is 0 Å². The first-order valence-electron chi connectivity index (χ1n) is 8.34. The molecule has 0 bridgehead atoms. The zero-order valence-corrected chi connectivity index (χ0v) is 16.0. The Balaban J connectivity index is 1.77. The summed E-state index contributed by atoms with van der Waals surface area (Å²) in [6.45, 7) is 1.61. The molecule has 8 heteroatoms. The maximum Gasteiger partial charge on any atom is 0.300 e. The fourth-order valence-electron chi connectivity index (χ4n) is 2.39. The van der Waals surface area contributed by atoms with Crippen LogP contribution in [0.3, 0.4) is 0 Å². The summed E-state index contributed by atoms with van der Waals surface area (Å²) in [5.41, 5.74) is 2.18. The predicted octanol–water partition coefficient (Wildman–Crippen LogP) is 4.00. The minimum Gasteiger partial charge on any atom is -0.324 e. The quantitative estimate of drug-likeness (QED) is 0.638. The molecule has 1 amide bonds. The molecule has 0 aliphatic rings. The van der Waals surface area contributed by atoms with Gasteiger partial charge in [-0.2, -0.15) is 4.98 Å². The van der Waals surface area contributed by atoms with Gasteiger partial charge in [-0.3, -0.25) is 4.79 Å². The van der Waals surface area contributed by atoms with Crippen molar-refractivity contribution >= 4 is 46.5 Å². The third-order valence-electron chi connectivity index (χ3n) is 3.67. The van der Waals surface area contributed by atoms with Crippen LogP contribution in [0.1, 0.15) is 6.92 Å². The second-order valence-corrected chi connectivity index (χ2v) is 6.12. The van der Waals surface area contributed by atoms with Crippen molar-refractivity contribution in [2.75, 3.05) is 22.6 Å². The van der Waals surface area contributed by atoms with Gasteiger partial charge < -0.3 is 15.5 Å². The number of rotatable bonds is 5. The second-order valence-electron chi connectivity index (χ2n) is 5.68. The first-order chi connectivity index (χ1) is 13.5. The number of amides is 1. The third kappa shape index (κ3) is 4.96. The van der Waals surface area contributed by atoms with Gasteiger partial charge in [-0.05, 0) is 49.2 Å². The van der Waals surface area contributed by atoms with Crippen LogP contribution in [0.5, 0.6) is 0 Å². The van der Waals surface area contributed by atoms with E-state index in [9.17, 15) is 4.79 Å². The van der Waals surface area contributed by atoms with Crippen LogP contribution in [-0.4, -0.2) is 27.9 Å². The molecule has 0 aliphatic carbocycles. The van der Waals surface area contributed by atoms with Gasteiger partial charge in [0.1, 0.15) is 6.33 Å². The SMILES string of the molecule is CC#CC(=O)Nc1cccc(Nc2ncnc(N(C)c3cccc(Cl)c3)n2)c1. The van der Waals surface area contributed by atoms with Gasteiger partial charge in [0.05, 0.1) is 0 Å². The highest BCUT2D eigenvalue weighted by molar-refractivity contribution is 6.30. The Hall–Kier alpha value is -3.63. The molecule has 0 radical (unpaired) electrons. The maximum atomic E-state index is 11.6. The van der Waals surface area contributed by atoms with Gasteiger partial charge in [-0.1, -0.05) is 29.7 Å². The van der Waals surface area contributed by atoms with Crippen molar-refractivity contribution < 1.29 is 4.79 Å². The number of benzene rings is 2. The minimum absolute atomic E-state index is 0.370. The molecule has 0 aliphatic heterocycles. The molecule has 0 spiro atoms. The van der Waals surface area contributed by atoms with E-state index in [4.69, 9.17) is 11.6 Å². The summed E-state index contributed by atoms with van der Waals surface area (Å²) < 4.78 is 0. The zero-order valence-electron chi connectivity index (χ0n) is 15.3. The van der Waals surface area contributed by atoms with Crippen molar-refractivity contribution in [3.05, 3.63) is 59.9 Å². The molecular weight excluding hydrogens is 376 g/mol. The highest BCUT2D eigenvalue weighted by Crippen LogP contribution is 2.24. The molecule has 0 unspecified atom stereocenters. The van der Waals surface area contributed by atoms with Crippen LogP contribution >= 0.6 is 11.6 Å². The standard InChI is InChI=1S/C20H17ClN6O/c1-3-6-18(28)24-15-8-5-9-16(12-15)25-19-22-13-23-20(26-19)27(2)17-10-4-7-14(21)11-17/h4-5,7-13H,1-2H3,(H,24,28)(H,22,23,25,26). The molecule has 2 aromatic carbocycles. The Morgan fingerprint density at radius 3 is 2.68 bits per heavy atom. The van der Waals surface area contributed by atoms with Crippen molar-refractivity contribution in [1.82, 2.24) is 15.0 Å². The Morgan fingerprint density at radius 2 is 1.89 bits per heavy atom. The highest BCUT2D eigenvalue weighted by atomic mass is 35.5. The lowest BCUT2D eigenvalue weighted by Crippen LogP contribution is -2.14. The molecular formula is C20H17ClN6O. The number of nitrogens with one attached hydrogen (secondary N) is 2. The number of carbonyl (C=O) groups excluding carboxylic acids is 1. The van der Waals surface area contributed by atoms with Gasteiger partial charge >= 0.3 is 0 Å². The molecule has 7 nitrogen and oxygen atoms in total. The monoisotopic (exact) mass is 392 g/mol. The summed E-state index contributed by atoms with van der Waals surface area (Å²) in [6, 6.07) is 14.6. The highest BCUT2D eigenvalue weighted by Gasteiger charge is 2.09. The molecule has 2 N–H and O–H groups in total. The normalized spacial score (nSPS) is 9.82. The van der Waals surface area contributed by atoms with Crippen molar-refractivity contribution in [2.45, 2.75) is 6.92 Å². The van der Waals surface area contributed by atoms with Crippen LogP contribution in [0.4, 0.5) is 29.0 Å². The average molecular weight is 393 g/mol. The van der Waals surface area contributed by atoms with Gasteiger partial charge in [-0.25, -0.2) is 9.97 Å². The number of hydrogen-bond donors (Lipinski definition) is 2. The fourth-order valence-corrected chi connectivity index (χ4v) is 2.57. The van der Waals surface area contributed by atoms with E-state index < -0.39 is 0 Å². The zero-order chi connectivity index (χ0) is 19.9. The Kier molecular flexibility index (Phi) is 6.04. The van der Waals surface area contributed by atoms with E-state index in [-0.39, 0.29) is 5.91 Å². The second kappa shape index (κ2) is 8.84. The maximum absolute atomic E-state index is 11.6. The van der Waals surface area contributed by atoms with Gasteiger partial charge in [-0.15, -0.1) is 0 Å². The van der Waals surface area contributed by atoms with Crippen LogP contribution in [0, 0.1) is 11.8 Å². The van der Waals surface area contributed by atoms with Crippen molar-refractivity contribution in [1.29, 1.82) is 0 Å². The summed E-state index contributed by atoms with van der Waals surface area (Å²) in [4.78, 5) is 26.2. The largest absolute Gasteiger partial charge is 0.324 e. The third-order valence-corrected chi connectivity index (χ3v) is 3.90. The first kappa shape index (κ1) is 19.1. The summed E-state index contributed by atoms with van der Waals surface area (Å²) in [5.74, 6) is 5.45. The molecule has 0 saturated heterocycles. The molecule has 140 valence electrons. The Labute approximate surface area is 167 Å². The molecule has 0 saturated carbocycles. The van der Waals surface area contributed by atoms with E-state index in [1.807, 2.05) is 31.3 Å². The molecule has 28 heavy (non-hydrogen) atoms. The van der Waals surface area contributed by atoms with Crippen molar-refractivity contribution in [3.8, 4) is 11.8 Å². The molecule has 1 heterocycles. The number of halogens is 1. The molecule has 1 aromatic heterocycles. The van der Waals surface area contributed by atoms with Crippen molar-refractivity contribution in [2.24, 2.45) is 0 Å². The number of aromatic nitrogens is 3. The van der Waals surface area contributed by atoms with E-state index in [2.05, 4.69) is 37.4 Å². The van der Waals surface area contributed by atoms with E-state index in [1.165, 1.54) is 6.33 Å². The Bertz CT molecular complexity index is 1060. The van der Waals surface area contributed by atoms with E-state index in [0.29, 0.717) is 28.3 Å². The summed E-state index contributed by atoms with van der Waals surface area (Å²) >= 11 is 6.06. The molecule has 0 fully saturated rings. The van der Waals surface area contributed by atoms with Gasteiger partial charge in [0.2, 0.25) is 11.9 Å². The fraction of sp³-hybridized carbons (Fsp3) is 0.100. The predicted molar refractivity (Wildman–Crippen MR) is 111 cm³/mol. The number of carbonyl (C=O) groups is 1. The smallest absolute Gasteiger partial charge is 0.300 e. The van der Waals surface area contributed by atoms with E-state index in [1.54, 1.807) is 36.1 Å².